The van der Waals surface area contributed by atoms with Crippen LogP contribution in [0, 0.1) is 11.8 Å². The van der Waals surface area contributed by atoms with E-state index in [1.54, 1.807) is 0 Å². The highest BCUT2D eigenvalue weighted by Gasteiger charge is 1.93. The molecule has 0 N–H and O–H groups in total. The number of hydrogen-bond donors (Lipinski definition) is 0. The Morgan fingerprint density at radius 2 is 2.00 bits per heavy atom. The van der Waals surface area contributed by atoms with E-state index in [2.05, 4.69) is 16.6 Å². The van der Waals surface area contributed by atoms with Gasteiger partial charge in [0, 0.05) is 6.42 Å². The van der Waals surface area contributed by atoms with Gasteiger partial charge in [0.25, 0.3) is 0 Å². The molecule has 0 bridgehead atoms. The van der Waals surface area contributed by atoms with Crippen LogP contribution in [0.25, 0.3) is 0 Å². The Hall–Kier alpha value is -1.79. The average molecular weight is 232 g/mol. The van der Waals surface area contributed by atoms with E-state index >= 15 is 0 Å². The first-order valence-electron chi connectivity index (χ1n) is 5.47. The molecule has 0 aromatic heterocycles. The molecule has 0 spiro atoms. The number of benzene rings is 1. The van der Waals surface area contributed by atoms with Gasteiger partial charge in [-0.1, -0.05) is 36.3 Å². The molecular formula is C14H16O3. The highest BCUT2D eigenvalue weighted by molar-refractivity contribution is 5.72. The van der Waals surface area contributed by atoms with E-state index in [9.17, 15) is 4.79 Å². The Bertz CT molecular complexity index is 387. The summed E-state index contributed by atoms with van der Waals surface area (Å²) in [5.41, 5.74) is 1.15. The van der Waals surface area contributed by atoms with Crippen LogP contribution >= 0.6 is 0 Å². The van der Waals surface area contributed by atoms with Gasteiger partial charge < -0.3 is 9.47 Å². The van der Waals surface area contributed by atoms with E-state index in [1.165, 1.54) is 7.11 Å². The molecule has 0 unspecified atom stereocenters. The number of methoxy groups -OCH3 is 1. The van der Waals surface area contributed by atoms with Gasteiger partial charge >= 0.3 is 5.97 Å². The molecule has 3 heteroatoms. The number of ether oxygens (including phenoxy) is 2. The van der Waals surface area contributed by atoms with Crippen molar-refractivity contribution < 1.29 is 14.3 Å². The molecule has 0 aliphatic heterocycles. The monoisotopic (exact) mass is 232 g/mol. The first-order chi connectivity index (χ1) is 8.33. The molecule has 17 heavy (non-hydrogen) atoms. The van der Waals surface area contributed by atoms with E-state index in [-0.39, 0.29) is 12.4 Å². The first-order valence-corrected chi connectivity index (χ1v) is 5.47. The Morgan fingerprint density at radius 1 is 1.24 bits per heavy atom. The van der Waals surface area contributed by atoms with Gasteiger partial charge in [-0.3, -0.25) is 4.79 Å². The summed E-state index contributed by atoms with van der Waals surface area (Å²) >= 11 is 0. The molecule has 90 valence electrons. The van der Waals surface area contributed by atoms with E-state index in [0.29, 0.717) is 19.6 Å². The maximum Gasteiger partial charge on any atom is 0.317 e. The molecule has 0 saturated heterocycles. The third-order valence-electron chi connectivity index (χ3n) is 2.07. The van der Waals surface area contributed by atoms with Crippen molar-refractivity contribution in [2.24, 2.45) is 0 Å². The first kappa shape index (κ1) is 13.3. The van der Waals surface area contributed by atoms with Crippen LogP contribution in [0.1, 0.15) is 18.4 Å². The third-order valence-corrected chi connectivity index (χ3v) is 2.07. The molecule has 0 atom stereocenters. The summed E-state index contributed by atoms with van der Waals surface area (Å²) in [4.78, 5) is 10.7. The molecule has 0 saturated carbocycles. The van der Waals surface area contributed by atoms with E-state index in [1.807, 2.05) is 30.3 Å². The van der Waals surface area contributed by atoms with Crippen molar-refractivity contribution in [1.82, 2.24) is 0 Å². The van der Waals surface area contributed by atoms with Crippen molar-refractivity contribution in [3.63, 3.8) is 0 Å². The van der Waals surface area contributed by atoms with Crippen LogP contribution in [0.2, 0.25) is 0 Å². The largest absolute Gasteiger partial charge is 0.468 e. The predicted molar refractivity (Wildman–Crippen MR) is 65.1 cm³/mol. The van der Waals surface area contributed by atoms with Crippen LogP contribution in [-0.2, 0) is 20.9 Å². The topological polar surface area (TPSA) is 35.5 Å². The van der Waals surface area contributed by atoms with E-state index in [4.69, 9.17) is 4.74 Å². The molecule has 0 fully saturated rings. The molecule has 0 aliphatic rings. The Kier molecular flexibility index (Phi) is 6.54. The fourth-order valence-corrected chi connectivity index (χ4v) is 1.18. The molecule has 1 aromatic rings. The molecular weight excluding hydrogens is 216 g/mol. The lowest BCUT2D eigenvalue weighted by molar-refractivity contribution is -0.139. The van der Waals surface area contributed by atoms with Crippen LogP contribution in [0.15, 0.2) is 30.3 Å². The second-order valence-electron chi connectivity index (χ2n) is 3.39. The van der Waals surface area contributed by atoms with Crippen molar-refractivity contribution >= 4 is 5.97 Å². The fourth-order valence-electron chi connectivity index (χ4n) is 1.18. The summed E-state index contributed by atoms with van der Waals surface area (Å²) in [6.45, 7) is 1.17. The van der Waals surface area contributed by atoms with Gasteiger partial charge in [-0.15, -0.1) is 5.92 Å². The molecule has 1 rings (SSSR count). The molecule has 0 amide bonds. The quantitative estimate of drug-likeness (QED) is 0.443. The molecule has 0 aliphatic carbocycles. The highest BCUT2D eigenvalue weighted by atomic mass is 16.5. The molecule has 0 heterocycles. The SMILES string of the molecule is COC(=O)CC#CCCOCc1ccccc1. The van der Waals surface area contributed by atoms with Crippen LogP contribution in [-0.4, -0.2) is 19.7 Å². The minimum absolute atomic E-state index is 0.148. The van der Waals surface area contributed by atoms with Crippen LogP contribution in [0.3, 0.4) is 0 Å². The summed E-state index contributed by atoms with van der Waals surface area (Å²) in [7, 11) is 1.35. The summed E-state index contributed by atoms with van der Waals surface area (Å²) in [6.07, 6.45) is 0.777. The van der Waals surface area contributed by atoms with Crippen molar-refractivity contribution in [2.45, 2.75) is 19.4 Å². The van der Waals surface area contributed by atoms with Crippen LogP contribution in [0.4, 0.5) is 0 Å². The number of rotatable bonds is 5. The maximum absolute atomic E-state index is 10.7. The lowest BCUT2D eigenvalue weighted by Gasteiger charge is -2.00. The maximum atomic E-state index is 10.7. The van der Waals surface area contributed by atoms with Crippen molar-refractivity contribution in [3.05, 3.63) is 35.9 Å². The highest BCUT2D eigenvalue weighted by Crippen LogP contribution is 2.00. The van der Waals surface area contributed by atoms with Gasteiger partial charge in [0.2, 0.25) is 0 Å². The summed E-state index contributed by atoms with van der Waals surface area (Å²) in [5.74, 6) is 5.29. The smallest absolute Gasteiger partial charge is 0.317 e. The predicted octanol–water partition coefficient (Wildman–Crippen LogP) is 2.16. The van der Waals surface area contributed by atoms with Crippen LogP contribution < -0.4 is 0 Å². The number of carbonyl (C=O) groups is 1. The second kappa shape index (κ2) is 8.37. The Morgan fingerprint density at radius 3 is 2.71 bits per heavy atom. The summed E-state index contributed by atoms with van der Waals surface area (Å²) in [5, 5.41) is 0. The second-order valence-corrected chi connectivity index (χ2v) is 3.39. The van der Waals surface area contributed by atoms with Gasteiger partial charge in [0.05, 0.1) is 20.3 Å². The minimum Gasteiger partial charge on any atom is -0.468 e. The van der Waals surface area contributed by atoms with E-state index < -0.39 is 0 Å². The normalized spacial score (nSPS) is 9.24. The molecule has 0 radical (unpaired) electrons. The van der Waals surface area contributed by atoms with Crippen molar-refractivity contribution in [1.29, 1.82) is 0 Å². The van der Waals surface area contributed by atoms with Gasteiger partial charge in [0.1, 0.15) is 6.42 Å². The summed E-state index contributed by atoms with van der Waals surface area (Å²) < 4.78 is 9.90. The third kappa shape index (κ3) is 6.39. The minimum atomic E-state index is -0.303. The molecule has 3 nitrogen and oxygen atoms in total. The zero-order chi connectivity index (χ0) is 12.3. The zero-order valence-corrected chi connectivity index (χ0v) is 9.94. The fraction of sp³-hybridized carbons (Fsp3) is 0.357. The van der Waals surface area contributed by atoms with Gasteiger partial charge in [-0.25, -0.2) is 0 Å². The van der Waals surface area contributed by atoms with Crippen molar-refractivity contribution in [3.8, 4) is 11.8 Å². The standard InChI is InChI=1S/C14H16O3/c1-16-14(15)10-6-3-7-11-17-12-13-8-4-2-5-9-13/h2,4-5,8-9H,7,10-12H2,1H3. The Balaban J connectivity index is 2.07. The lowest BCUT2D eigenvalue weighted by atomic mass is 10.2. The summed E-state index contributed by atoms with van der Waals surface area (Å²) in [6, 6.07) is 9.97. The van der Waals surface area contributed by atoms with Gasteiger partial charge in [0.15, 0.2) is 0 Å². The Labute approximate surface area is 102 Å². The number of hydrogen-bond acceptors (Lipinski definition) is 3. The van der Waals surface area contributed by atoms with E-state index in [0.717, 1.165) is 5.56 Å². The molecule has 1 aromatic carbocycles. The zero-order valence-electron chi connectivity index (χ0n) is 9.94. The number of carbonyl (C=O) groups excluding carboxylic acids is 1. The lowest BCUT2D eigenvalue weighted by Crippen LogP contribution is -1.97. The van der Waals surface area contributed by atoms with Crippen LogP contribution in [0.5, 0.6) is 0 Å². The van der Waals surface area contributed by atoms with Crippen molar-refractivity contribution in [2.75, 3.05) is 13.7 Å². The number of esters is 1. The average Bonchev–Trinajstić information content (AvgIpc) is 2.38. The van der Waals surface area contributed by atoms with Gasteiger partial charge in [-0.2, -0.15) is 0 Å². The van der Waals surface area contributed by atoms with Gasteiger partial charge in [-0.05, 0) is 5.56 Å².